The van der Waals surface area contributed by atoms with Gasteiger partial charge in [0.05, 0.1) is 17.1 Å². The van der Waals surface area contributed by atoms with Crippen LogP contribution >= 0.6 is 11.5 Å². The fourth-order valence-corrected chi connectivity index (χ4v) is 2.00. The van der Waals surface area contributed by atoms with E-state index in [0.29, 0.717) is 6.54 Å². The second-order valence-corrected chi connectivity index (χ2v) is 4.19. The lowest BCUT2D eigenvalue weighted by atomic mass is 10.2. The van der Waals surface area contributed by atoms with Crippen molar-refractivity contribution in [3.05, 3.63) is 16.6 Å². The molecule has 2 rings (SSSR count). The molecule has 13 heavy (non-hydrogen) atoms. The molecule has 1 fully saturated rings. The van der Waals surface area contributed by atoms with E-state index >= 15 is 0 Å². The van der Waals surface area contributed by atoms with Crippen molar-refractivity contribution >= 4 is 17.3 Å². The minimum Gasteiger partial charge on any atom is -0.296 e. The van der Waals surface area contributed by atoms with E-state index in [2.05, 4.69) is 9.27 Å². The summed E-state index contributed by atoms with van der Waals surface area (Å²) >= 11 is 1.31. The van der Waals surface area contributed by atoms with E-state index in [-0.39, 0.29) is 5.78 Å². The molecule has 3 nitrogen and oxygen atoms in total. The first-order valence-electron chi connectivity index (χ1n) is 4.44. The summed E-state index contributed by atoms with van der Waals surface area (Å²) in [6.45, 7) is 4.63. The van der Waals surface area contributed by atoms with Gasteiger partial charge in [0.2, 0.25) is 0 Å². The minimum atomic E-state index is 0.213. The average Bonchev–Trinajstić information content (AvgIpc) is 2.44. The number of Topliss-reactive ketones (excluding diaryl/α,β-unsaturated/α-hetero) is 1. The summed E-state index contributed by atoms with van der Waals surface area (Å²) in [4.78, 5) is 14.5. The average molecular weight is 196 g/mol. The normalized spacial score (nSPS) is 17.0. The van der Waals surface area contributed by atoms with Crippen molar-refractivity contribution in [2.24, 2.45) is 0 Å². The Kier molecular flexibility index (Phi) is 2.42. The van der Waals surface area contributed by atoms with Gasteiger partial charge in [-0.2, -0.15) is 4.37 Å². The summed E-state index contributed by atoms with van der Waals surface area (Å²) < 4.78 is 4.09. The van der Waals surface area contributed by atoms with Crippen LogP contribution in [0.4, 0.5) is 0 Å². The molecule has 1 aromatic heterocycles. The number of likely N-dealkylation sites (tertiary alicyclic amines) is 1. The number of ketones is 1. The minimum absolute atomic E-state index is 0.213. The fourth-order valence-electron chi connectivity index (χ4n) is 1.32. The number of aryl methyl sites for hydroxylation is 1. The molecule has 0 N–H and O–H groups in total. The maximum atomic E-state index is 11.6. The third-order valence-corrected chi connectivity index (χ3v) is 3.14. The molecule has 0 amide bonds. The Hall–Kier alpha value is -0.740. The number of carbonyl (C=O) groups excluding carboxylic acids is 1. The van der Waals surface area contributed by atoms with Crippen LogP contribution in [0, 0.1) is 6.92 Å². The van der Waals surface area contributed by atoms with Crippen LogP contribution in [0.1, 0.15) is 21.8 Å². The molecule has 4 heteroatoms. The van der Waals surface area contributed by atoms with Crippen LogP contribution in [0.5, 0.6) is 0 Å². The zero-order valence-electron chi connectivity index (χ0n) is 7.62. The van der Waals surface area contributed by atoms with E-state index in [0.717, 1.165) is 23.7 Å². The highest BCUT2D eigenvalue weighted by molar-refractivity contribution is 7.08. The fraction of sp³-hybridized carbons (Fsp3) is 0.556. The predicted molar refractivity (Wildman–Crippen MR) is 52.2 cm³/mol. The van der Waals surface area contributed by atoms with Gasteiger partial charge in [-0.15, -0.1) is 0 Å². The number of aromatic nitrogens is 1. The summed E-state index contributed by atoms with van der Waals surface area (Å²) in [5.41, 5.74) is 0.942. The van der Waals surface area contributed by atoms with Crippen LogP contribution in [0.25, 0.3) is 0 Å². The molecule has 1 saturated heterocycles. The van der Waals surface area contributed by atoms with Crippen LogP contribution in [-0.2, 0) is 0 Å². The van der Waals surface area contributed by atoms with E-state index in [9.17, 15) is 4.79 Å². The molecule has 1 aliphatic rings. The number of rotatable bonds is 3. The van der Waals surface area contributed by atoms with Gasteiger partial charge in [-0.3, -0.25) is 9.69 Å². The molecule has 0 aromatic carbocycles. The van der Waals surface area contributed by atoms with Crippen molar-refractivity contribution in [1.82, 2.24) is 9.27 Å². The molecule has 0 spiro atoms. The monoisotopic (exact) mass is 196 g/mol. The second kappa shape index (κ2) is 3.55. The van der Waals surface area contributed by atoms with Crippen molar-refractivity contribution in [3.8, 4) is 0 Å². The van der Waals surface area contributed by atoms with Crippen LogP contribution in [0.2, 0.25) is 0 Å². The molecule has 0 atom stereocenters. The molecule has 70 valence electrons. The molecule has 0 saturated carbocycles. The lowest BCUT2D eigenvalue weighted by Crippen LogP contribution is -2.40. The first-order valence-corrected chi connectivity index (χ1v) is 5.22. The lowest BCUT2D eigenvalue weighted by Gasteiger charge is -2.29. The van der Waals surface area contributed by atoms with E-state index < -0.39 is 0 Å². The van der Waals surface area contributed by atoms with Crippen molar-refractivity contribution in [2.45, 2.75) is 13.3 Å². The molecular formula is C9H12N2OS. The Labute approximate surface area is 81.5 Å². The van der Waals surface area contributed by atoms with Gasteiger partial charge >= 0.3 is 0 Å². The number of hydrogen-bond acceptors (Lipinski definition) is 4. The van der Waals surface area contributed by atoms with Crippen molar-refractivity contribution in [3.63, 3.8) is 0 Å². The highest BCUT2D eigenvalue weighted by Crippen LogP contribution is 2.13. The van der Waals surface area contributed by atoms with Gasteiger partial charge in [0.25, 0.3) is 0 Å². The summed E-state index contributed by atoms with van der Waals surface area (Å²) in [5, 5.41) is 0. The number of nitrogens with zero attached hydrogens (tertiary/aromatic N) is 2. The zero-order valence-corrected chi connectivity index (χ0v) is 8.43. The first-order chi connectivity index (χ1) is 6.25. The third-order valence-electron chi connectivity index (χ3n) is 2.22. The van der Waals surface area contributed by atoms with E-state index in [1.54, 1.807) is 0 Å². The molecule has 1 aliphatic heterocycles. The smallest absolute Gasteiger partial charge is 0.188 e. The van der Waals surface area contributed by atoms with Crippen LogP contribution in [-0.4, -0.2) is 34.7 Å². The molecule has 0 bridgehead atoms. The Morgan fingerprint density at radius 1 is 1.69 bits per heavy atom. The van der Waals surface area contributed by atoms with Crippen LogP contribution in [0.3, 0.4) is 0 Å². The lowest BCUT2D eigenvalue weighted by molar-refractivity contribution is 0.0879. The molecule has 0 unspecified atom stereocenters. The largest absolute Gasteiger partial charge is 0.296 e. The van der Waals surface area contributed by atoms with Gasteiger partial charge < -0.3 is 0 Å². The van der Waals surface area contributed by atoms with Crippen molar-refractivity contribution in [2.75, 3.05) is 19.6 Å². The van der Waals surface area contributed by atoms with Gasteiger partial charge in [-0.25, -0.2) is 0 Å². The molecular weight excluding hydrogens is 184 g/mol. The van der Waals surface area contributed by atoms with Crippen molar-refractivity contribution < 1.29 is 4.79 Å². The van der Waals surface area contributed by atoms with E-state index in [1.807, 2.05) is 13.0 Å². The first kappa shape index (κ1) is 8.84. The molecule has 1 aromatic rings. The SMILES string of the molecule is Cc1cc(C(=O)CN2CCC2)sn1. The molecule has 0 radical (unpaired) electrons. The van der Waals surface area contributed by atoms with Crippen LogP contribution in [0.15, 0.2) is 6.07 Å². The Morgan fingerprint density at radius 2 is 2.46 bits per heavy atom. The highest BCUT2D eigenvalue weighted by Gasteiger charge is 2.18. The van der Waals surface area contributed by atoms with Gasteiger partial charge in [0.1, 0.15) is 0 Å². The zero-order chi connectivity index (χ0) is 9.26. The Bertz CT molecular complexity index is 317. The molecule has 2 heterocycles. The van der Waals surface area contributed by atoms with E-state index in [4.69, 9.17) is 0 Å². The second-order valence-electron chi connectivity index (χ2n) is 3.39. The Balaban J connectivity index is 1.96. The highest BCUT2D eigenvalue weighted by atomic mass is 32.1. The van der Waals surface area contributed by atoms with Gasteiger partial charge in [0, 0.05) is 0 Å². The van der Waals surface area contributed by atoms with Gasteiger partial charge in [-0.05, 0) is 44.0 Å². The van der Waals surface area contributed by atoms with E-state index in [1.165, 1.54) is 18.0 Å². The van der Waals surface area contributed by atoms with Gasteiger partial charge in [-0.1, -0.05) is 0 Å². The number of hydrogen-bond donors (Lipinski definition) is 0. The molecule has 0 aliphatic carbocycles. The summed E-state index contributed by atoms with van der Waals surface area (Å²) in [7, 11) is 0. The Morgan fingerprint density at radius 3 is 2.92 bits per heavy atom. The van der Waals surface area contributed by atoms with Gasteiger partial charge in [0.15, 0.2) is 5.78 Å². The maximum Gasteiger partial charge on any atom is 0.188 e. The summed E-state index contributed by atoms with van der Waals surface area (Å²) in [6.07, 6.45) is 1.23. The summed E-state index contributed by atoms with van der Waals surface area (Å²) in [5.74, 6) is 0.213. The summed E-state index contributed by atoms with van der Waals surface area (Å²) in [6, 6.07) is 1.87. The van der Waals surface area contributed by atoms with Crippen LogP contribution < -0.4 is 0 Å². The topological polar surface area (TPSA) is 33.2 Å². The quantitative estimate of drug-likeness (QED) is 0.684. The third kappa shape index (κ3) is 1.95. The maximum absolute atomic E-state index is 11.6. The van der Waals surface area contributed by atoms with Crippen molar-refractivity contribution in [1.29, 1.82) is 0 Å². The predicted octanol–water partition coefficient (Wildman–Crippen LogP) is 1.34. The number of carbonyl (C=O) groups is 1. The standard InChI is InChI=1S/C9H12N2OS/c1-7-5-9(13-10-7)8(12)6-11-3-2-4-11/h5H,2-4,6H2,1H3.